The van der Waals surface area contributed by atoms with E-state index in [2.05, 4.69) is 5.32 Å². The van der Waals surface area contributed by atoms with Crippen molar-refractivity contribution in [2.24, 2.45) is 0 Å². The van der Waals surface area contributed by atoms with Gasteiger partial charge in [0.25, 0.3) is 0 Å². The highest BCUT2D eigenvalue weighted by Crippen LogP contribution is 2.10. The van der Waals surface area contributed by atoms with E-state index < -0.39 is 5.60 Å². The maximum atomic E-state index is 9.50. The highest BCUT2D eigenvalue weighted by molar-refractivity contribution is 5.85. The monoisotopic (exact) mass is 181 g/mol. The van der Waals surface area contributed by atoms with Gasteiger partial charge in [0, 0.05) is 6.54 Å². The zero-order chi connectivity index (χ0) is 7.61. The highest BCUT2D eigenvalue weighted by Gasteiger charge is 2.27. The van der Waals surface area contributed by atoms with Crippen molar-refractivity contribution in [3.05, 3.63) is 0 Å². The molecule has 0 aromatic rings. The maximum absolute atomic E-state index is 9.50. The average Bonchev–Trinajstić information content (AvgIpc) is 1.88. The van der Waals surface area contributed by atoms with Crippen LogP contribution in [0.5, 0.6) is 0 Å². The van der Waals surface area contributed by atoms with Gasteiger partial charge in [-0.25, -0.2) is 0 Å². The largest absolute Gasteiger partial charge is 0.389 e. The lowest BCUT2D eigenvalue weighted by Gasteiger charge is -2.33. The molecular formula is C7H16ClNO2. The van der Waals surface area contributed by atoms with Gasteiger partial charge in [0.05, 0.1) is 24.9 Å². The minimum Gasteiger partial charge on any atom is -0.389 e. The Morgan fingerprint density at radius 3 is 2.45 bits per heavy atom. The van der Waals surface area contributed by atoms with Crippen molar-refractivity contribution >= 4 is 12.4 Å². The van der Waals surface area contributed by atoms with Crippen LogP contribution in [0.15, 0.2) is 0 Å². The summed E-state index contributed by atoms with van der Waals surface area (Å²) in [5.74, 6) is 0. The molecule has 0 aliphatic carbocycles. The number of hydrogen-bond acceptors (Lipinski definition) is 3. The lowest BCUT2D eigenvalue weighted by Crippen LogP contribution is -2.53. The molecule has 0 bridgehead atoms. The van der Waals surface area contributed by atoms with E-state index >= 15 is 0 Å². The molecule has 3 nitrogen and oxygen atoms in total. The van der Waals surface area contributed by atoms with Crippen LogP contribution in [-0.2, 0) is 4.74 Å². The van der Waals surface area contributed by atoms with Crippen LogP contribution in [0, 0.1) is 0 Å². The summed E-state index contributed by atoms with van der Waals surface area (Å²) in [5.41, 5.74) is -0.666. The van der Waals surface area contributed by atoms with E-state index in [1.54, 1.807) is 13.8 Å². The van der Waals surface area contributed by atoms with E-state index in [4.69, 9.17) is 4.74 Å². The average molecular weight is 182 g/mol. The zero-order valence-corrected chi connectivity index (χ0v) is 7.78. The Morgan fingerprint density at radius 1 is 1.55 bits per heavy atom. The van der Waals surface area contributed by atoms with Gasteiger partial charge in [-0.1, -0.05) is 0 Å². The van der Waals surface area contributed by atoms with Gasteiger partial charge in [-0.15, -0.1) is 12.4 Å². The van der Waals surface area contributed by atoms with Crippen molar-refractivity contribution in [1.82, 2.24) is 5.32 Å². The van der Waals surface area contributed by atoms with Gasteiger partial charge in [-0.3, -0.25) is 0 Å². The SMILES string of the molecule is CC(C)(O)C1COCCN1.Cl. The van der Waals surface area contributed by atoms with Crippen molar-refractivity contribution in [1.29, 1.82) is 0 Å². The zero-order valence-electron chi connectivity index (χ0n) is 6.96. The van der Waals surface area contributed by atoms with Gasteiger partial charge in [0.2, 0.25) is 0 Å². The molecule has 1 heterocycles. The van der Waals surface area contributed by atoms with Crippen LogP contribution in [0.1, 0.15) is 13.8 Å². The normalized spacial score (nSPS) is 25.9. The molecule has 68 valence electrons. The standard InChI is InChI=1S/C7H15NO2.ClH/c1-7(2,9)6-5-10-4-3-8-6;/h6,8-9H,3-5H2,1-2H3;1H. The molecule has 4 heteroatoms. The van der Waals surface area contributed by atoms with Crippen molar-refractivity contribution < 1.29 is 9.84 Å². The fourth-order valence-corrected chi connectivity index (χ4v) is 1.02. The molecule has 0 radical (unpaired) electrons. The van der Waals surface area contributed by atoms with Gasteiger partial charge in [0.1, 0.15) is 0 Å². The van der Waals surface area contributed by atoms with Crippen LogP contribution < -0.4 is 5.32 Å². The second-order valence-electron chi connectivity index (χ2n) is 3.24. The minimum atomic E-state index is -0.666. The first kappa shape index (κ1) is 11.2. The number of ether oxygens (including phenoxy) is 1. The molecule has 1 aliphatic heterocycles. The molecule has 11 heavy (non-hydrogen) atoms. The molecule has 0 amide bonds. The van der Waals surface area contributed by atoms with Gasteiger partial charge in [0.15, 0.2) is 0 Å². The van der Waals surface area contributed by atoms with Crippen molar-refractivity contribution in [3.8, 4) is 0 Å². The first-order valence-corrected chi connectivity index (χ1v) is 3.64. The third-order valence-electron chi connectivity index (χ3n) is 1.77. The van der Waals surface area contributed by atoms with E-state index in [1.165, 1.54) is 0 Å². The summed E-state index contributed by atoms with van der Waals surface area (Å²) in [4.78, 5) is 0. The molecule has 0 aromatic carbocycles. The van der Waals surface area contributed by atoms with Crippen LogP contribution in [0.25, 0.3) is 0 Å². The molecule has 0 aromatic heterocycles. The van der Waals surface area contributed by atoms with Crippen molar-refractivity contribution in [2.45, 2.75) is 25.5 Å². The van der Waals surface area contributed by atoms with Crippen LogP contribution in [0.2, 0.25) is 0 Å². The van der Waals surface area contributed by atoms with Gasteiger partial charge in [-0.2, -0.15) is 0 Å². The number of aliphatic hydroxyl groups is 1. The summed E-state index contributed by atoms with van der Waals surface area (Å²) >= 11 is 0. The van der Waals surface area contributed by atoms with Crippen molar-refractivity contribution in [3.63, 3.8) is 0 Å². The lowest BCUT2D eigenvalue weighted by atomic mass is 9.99. The topological polar surface area (TPSA) is 41.5 Å². The van der Waals surface area contributed by atoms with Crippen LogP contribution in [-0.4, -0.2) is 36.5 Å². The number of morpholine rings is 1. The highest BCUT2D eigenvalue weighted by atomic mass is 35.5. The number of nitrogens with one attached hydrogen (secondary N) is 1. The summed E-state index contributed by atoms with van der Waals surface area (Å²) in [7, 11) is 0. The molecule has 1 unspecified atom stereocenters. The van der Waals surface area contributed by atoms with Crippen LogP contribution in [0.3, 0.4) is 0 Å². The number of halogens is 1. The van der Waals surface area contributed by atoms with Gasteiger partial charge in [-0.05, 0) is 13.8 Å². The predicted octanol–water partition coefficient (Wildman–Crippen LogP) is 0.167. The third-order valence-corrected chi connectivity index (χ3v) is 1.77. The Hall–Kier alpha value is 0.170. The fraction of sp³-hybridized carbons (Fsp3) is 1.00. The second kappa shape index (κ2) is 4.26. The number of hydrogen-bond donors (Lipinski definition) is 2. The van der Waals surface area contributed by atoms with Gasteiger partial charge >= 0.3 is 0 Å². The Bertz CT molecular complexity index is 107. The summed E-state index contributed by atoms with van der Waals surface area (Å²) in [6, 6.07) is 0.0845. The Balaban J connectivity index is 0.000001000. The molecule has 1 aliphatic rings. The molecule has 1 saturated heterocycles. The molecule has 0 saturated carbocycles. The fourth-order valence-electron chi connectivity index (χ4n) is 1.02. The van der Waals surface area contributed by atoms with E-state index in [0.717, 1.165) is 13.2 Å². The van der Waals surface area contributed by atoms with E-state index in [0.29, 0.717) is 6.61 Å². The molecule has 2 N–H and O–H groups in total. The third kappa shape index (κ3) is 3.38. The molecule has 1 fully saturated rings. The second-order valence-corrected chi connectivity index (χ2v) is 3.24. The molecular weight excluding hydrogens is 166 g/mol. The van der Waals surface area contributed by atoms with E-state index in [9.17, 15) is 5.11 Å². The van der Waals surface area contributed by atoms with Crippen molar-refractivity contribution in [2.75, 3.05) is 19.8 Å². The molecule has 1 atom stereocenters. The van der Waals surface area contributed by atoms with Crippen LogP contribution >= 0.6 is 12.4 Å². The first-order valence-electron chi connectivity index (χ1n) is 3.64. The summed E-state index contributed by atoms with van der Waals surface area (Å²) < 4.78 is 5.19. The number of rotatable bonds is 1. The summed E-state index contributed by atoms with van der Waals surface area (Å²) in [6.45, 7) is 5.80. The molecule has 1 rings (SSSR count). The summed E-state index contributed by atoms with van der Waals surface area (Å²) in [5, 5.41) is 12.7. The smallest absolute Gasteiger partial charge is 0.0766 e. The lowest BCUT2D eigenvalue weighted by molar-refractivity contribution is -0.0284. The minimum absolute atomic E-state index is 0. The molecule has 0 spiro atoms. The Kier molecular flexibility index (Phi) is 4.32. The maximum Gasteiger partial charge on any atom is 0.0766 e. The Morgan fingerprint density at radius 2 is 2.18 bits per heavy atom. The quantitative estimate of drug-likeness (QED) is 0.606. The first-order chi connectivity index (χ1) is 4.61. The van der Waals surface area contributed by atoms with Crippen LogP contribution in [0.4, 0.5) is 0 Å². The van der Waals surface area contributed by atoms with Gasteiger partial charge < -0.3 is 15.2 Å². The van der Waals surface area contributed by atoms with E-state index in [-0.39, 0.29) is 18.4 Å². The predicted molar refractivity (Wildman–Crippen MR) is 46.2 cm³/mol. The van der Waals surface area contributed by atoms with E-state index in [1.807, 2.05) is 0 Å². The summed E-state index contributed by atoms with van der Waals surface area (Å²) in [6.07, 6.45) is 0. The Labute approximate surface area is 73.5 Å².